The van der Waals surface area contributed by atoms with Crippen molar-refractivity contribution in [3.8, 4) is 11.4 Å². The van der Waals surface area contributed by atoms with Gasteiger partial charge in [-0.3, -0.25) is 0 Å². The van der Waals surface area contributed by atoms with Crippen molar-refractivity contribution in [2.24, 2.45) is 0 Å². The van der Waals surface area contributed by atoms with Crippen LogP contribution in [0.1, 0.15) is 24.1 Å². The molecule has 2 amide bonds. The number of nitrogens with one attached hydrogen (secondary N) is 2. The number of amides is 2. The van der Waals surface area contributed by atoms with Crippen molar-refractivity contribution in [1.82, 2.24) is 15.5 Å². The van der Waals surface area contributed by atoms with Crippen molar-refractivity contribution in [2.75, 3.05) is 11.9 Å². The van der Waals surface area contributed by atoms with Crippen LogP contribution >= 0.6 is 11.3 Å². The fraction of sp³-hybridized carbons (Fsp3) is 0.167. The summed E-state index contributed by atoms with van der Waals surface area (Å²) in [5.74, 6) is 0.908. The molecule has 128 valence electrons. The predicted molar refractivity (Wildman–Crippen MR) is 100 cm³/mol. The van der Waals surface area contributed by atoms with E-state index in [2.05, 4.69) is 20.8 Å². The lowest BCUT2D eigenvalue weighted by molar-refractivity contribution is 0.252. The number of rotatable bonds is 6. The maximum Gasteiger partial charge on any atom is 0.319 e. The molecule has 25 heavy (non-hydrogen) atoms. The van der Waals surface area contributed by atoms with Crippen LogP contribution in [0.25, 0.3) is 23.5 Å². The fourth-order valence-electron chi connectivity index (χ4n) is 2.11. The zero-order chi connectivity index (χ0) is 17.5. The van der Waals surface area contributed by atoms with Crippen LogP contribution in [0.2, 0.25) is 0 Å². The van der Waals surface area contributed by atoms with Gasteiger partial charge in [0.25, 0.3) is 5.89 Å². The molecule has 2 N–H and O–H groups in total. The minimum atomic E-state index is -0.230. The Morgan fingerprint density at radius 1 is 1.28 bits per heavy atom. The van der Waals surface area contributed by atoms with E-state index in [4.69, 9.17) is 4.52 Å². The van der Waals surface area contributed by atoms with E-state index in [-0.39, 0.29) is 6.03 Å². The van der Waals surface area contributed by atoms with Crippen LogP contribution in [0.3, 0.4) is 0 Å². The van der Waals surface area contributed by atoms with Gasteiger partial charge in [-0.05, 0) is 36.1 Å². The predicted octanol–water partition coefficient (Wildman–Crippen LogP) is 4.50. The smallest absolute Gasteiger partial charge is 0.319 e. The van der Waals surface area contributed by atoms with Crippen molar-refractivity contribution in [3.05, 3.63) is 52.5 Å². The van der Waals surface area contributed by atoms with Gasteiger partial charge in [0.1, 0.15) is 0 Å². The maximum absolute atomic E-state index is 11.7. The molecular weight excluding hydrogens is 336 g/mol. The second kappa shape index (κ2) is 8.25. The highest BCUT2D eigenvalue weighted by atomic mass is 32.1. The van der Waals surface area contributed by atoms with Crippen LogP contribution in [-0.4, -0.2) is 22.7 Å². The van der Waals surface area contributed by atoms with E-state index in [1.807, 2.05) is 54.8 Å². The van der Waals surface area contributed by atoms with Crippen LogP contribution in [0.5, 0.6) is 0 Å². The number of aromatic nitrogens is 2. The Hall–Kier alpha value is -2.93. The molecule has 1 aromatic carbocycles. The molecule has 0 spiro atoms. The number of benzene rings is 1. The highest BCUT2D eigenvalue weighted by Crippen LogP contribution is 2.21. The van der Waals surface area contributed by atoms with Gasteiger partial charge in [-0.25, -0.2) is 4.79 Å². The zero-order valence-corrected chi connectivity index (χ0v) is 14.5. The van der Waals surface area contributed by atoms with Crippen molar-refractivity contribution in [2.45, 2.75) is 13.3 Å². The van der Waals surface area contributed by atoms with E-state index in [1.165, 1.54) is 0 Å². The highest BCUT2D eigenvalue weighted by Gasteiger charge is 2.08. The summed E-state index contributed by atoms with van der Waals surface area (Å²) < 4.78 is 5.25. The van der Waals surface area contributed by atoms with Gasteiger partial charge in [-0.1, -0.05) is 30.3 Å². The third-order valence-electron chi connectivity index (χ3n) is 3.29. The Bertz CT molecular complexity index is 856. The summed E-state index contributed by atoms with van der Waals surface area (Å²) >= 11 is 1.64. The molecule has 0 fully saturated rings. The van der Waals surface area contributed by atoms with Crippen molar-refractivity contribution in [1.29, 1.82) is 0 Å². The Balaban J connectivity index is 1.70. The van der Waals surface area contributed by atoms with E-state index >= 15 is 0 Å². The summed E-state index contributed by atoms with van der Waals surface area (Å²) in [6, 6.07) is 11.1. The molecular formula is C18H18N4O2S. The van der Waals surface area contributed by atoms with Crippen LogP contribution in [0.4, 0.5) is 10.5 Å². The van der Waals surface area contributed by atoms with Gasteiger partial charge in [0.15, 0.2) is 0 Å². The molecule has 0 aliphatic heterocycles. The van der Waals surface area contributed by atoms with Crippen LogP contribution < -0.4 is 10.6 Å². The maximum atomic E-state index is 11.7. The largest absolute Gasteiger partial charge is 0.338 e. The van der Waals surface area contributed by atoms with Crippen molar-refractivity contribution >= 4 is 35.2 Å². The van der Waals surface area contributed by atoms with Gasteiger partial charge < -0.3 is 15.2 Å². The van der Waals surface area contributed by atoms with E-state index < -0.39 is 0 Å². The number of thiophene rings is 1. The summed E-state index contributed by atoms with van der Waals surface area (Å²) in [5, 5.41) is 11.6. The van der Waals surface area contributed by atoms with E-state index in [0.29, 0.717) is 23.9 Å². The third kappa shape index (κ3) is 4.77. The third-order valence-corrected chi connectivity index (χ3v) is 4.13. The quantitative estimate of drug-likeness (QED) is 0.683. The minimum absolute atomic E-state index is 0.230. The first kappa shape index (κ1) is 16.9. The molecule has 0 saturated heterocycles. The average molecular weight is 354 g/mol. The first-order chi connectivity index (χ1) is 12.2. The average Bonchev–Trinajstić information content (AvgIpc) is 3.30. The van der Waals surface area contributed by atoms with E-state index in [9.17, 15) is 4.79 Å². The summed E-state index contributed by atoms with van der Waals surface area (Å²) in [6.07, 6.45) is 4.60. The van der Waals surface area contributed by atoms with Crippen LogP contribution in [-0.2, 0) is 0 Å². The number of carbonyl (C=O) groups is 1. The molecule has 0 aliphatic rings. The van der Waals surface area contributed by atoms with Gasteiger partial charge in [0.2, 0.25) is 5.82 Å². The van der Waals surface area contributed by atoms with Gasteiger partial charge in [-0.2, -0.15) is 4.98 Å². The van der Waals surface area contributed by atoms with E-state index in [0.717, 1.165) is 16.9 Å². The topological polar surface area (TPSA) is 80.0 Å². The standard InChI is InChI=1S/C18H18N4O2S/c1-2-10-19-18(23)20-14-6-3-5-13(12-14)17-21-16(24-22-17)9-8-15-7-4-11-25-15/h3-9,11-12H,2,10H2,1H3,(H2,19,20,23). The normalized spacial score (nSPS) is 10.9. The Morgan fingerprint density at radius 2 is 2.20 bits per heavy atom. The summed E-state index contributed by atoms with van der Waals surface area (Å²) in [7, 11) is 0. The number of anilines is 1. The summed E-state index contributed by atoms with van der Waals surface area (Å²) in [4.78, 5) is 17.2. The molecule has 0 radical (unpaired) electrons. The molecule has 0 bridgehead atoms. The van der Waals surface area contributed by atoms with Crippen LogP contribution in [0, 0.1) is 0 Å². The SMILES string of the molecule is CCCNC(=O)Nc1cccc(-c2noc(C=Cc3cccs3)n2)c1. The molecule has 0 unspecified atom stereocenters. The number of hydrogen-bond acceptors (Lipinski definition) is 5. The van der Waals surface area contributed by atoms with Crippen LogP contribution in [0.15, 0.2) is 46.3 Å². The van der Waals surface area contributed by atoms with Gasteiger partial charge >= 0.3 is 6.03 Å². The number of urea groups is 1. The lowest BCUT2D eigenvalue weighted by Crippen LogP contribution is -2.29. The molecule has 0 aliphatic carbocycles. The molecule has 0 saturated carbocycles. The fourth-order valence-corrected chi connectivity index (χ4v) is 2.73. The number of carbonyl (C=O) groups excluding carboxylic acids is 1. The summed E-state index contributed by atoms with van der Waals surface area (Å²) in [5.41, 5.74) is 1.44. The summed E-state index contributed by atoms with van der Waals surface area (Å²) in [6.45, 7) is 2.64. The van der Waals surface area contributed by atoms with Crippen molar-refractivity contribution < 1.29 is 9.32 Å². The second-order valence-electron chi connectivity index (χ2n) is 5.27. The molecule has 6 nitrogen and oxygen atoms in total. The first-order valence-electron chi connectivity index (χ1n) is 7.95. The molecule has 2 aromatic heterocycles. The lowest BCUT2D eigenvalue weighted by Gasteiger charge is -2.07. The lowest BCUT2D eigenvalue weighted by atomic mass is 10.2. The van der Waals surface area contributed by atoms with E-state index in [1.54, 1.807) is 17.4 Å². The Labute approximate surface area is 149 Å². The second-order valence-corrected chi connectivity index (χ2v) is 6.25. The minimum Gasteiger partial charge on any atom is -0.338 e. The number of hydrogen-bond donors (Lipinski definition) is 2. The van der Waals surface area contributed by atoms with Gasteiger partial charge in [0, 0.05) is 28.7 Å². The van der Waals surface area contributed by atoms with Crippen molar-refractivity contribution in [3.63, 3.8) is 0 Å². The zero-order valence-electron chi connectivity index (χ0n) is 13.7. The first-order valence-corrected chi connectivity index (χ1v) is 8.83. The van der Waals surface area contributed by atoms with Gasteiger partial charge in [-0.15, -0.1) is 11.3 Å². The van der Waals surface area contributed by atoms with Gasteiger partial charge in [0.05, 0.1) is 0 Å². The number of nitrogens with zero attached hydrogens (tertiary/aromatic N) is 2. The molecule has 0 atom stereocenters. The Morgan fingerprint density at radius 3 is 3.00 bits per heavy atom. The molecule has 2 heterocycles. The molecule has 3 aromatic rings. The molecule has 7 heteroatoms. The highest BCUT2D eigenvalue weighted by molar-refractivity contribution is 7.10. The molecule has 3 rings (SSSR count). The Kier molecular flexibility index (Phi) is 5.58. The monoisotopic (exact) mass is 354 g/mol.